The molecule has 2 aromatic heterocycles. The third kappa shape index (κ3) is 3.17. The number of thiophene rings is 1. The molecule has 0 bridgehead atoms. The molecule has 1 atom stereocenters. The average Bonchev–Trinajstić information content (AvgIpc) is 2.76. The third-order valence-corrected chi connectivity index (χ3v) is 4.16. The first-order chi connectivity index (χ1) is 8.20. The quantitative estimate of drug-likeness (QED) is 0.852. The Hall–Kier alpha value is -0.660. The molecule has 2 N–H and O–H groups in total. The zero-order chi connectivity index (χ0) is 12.3. The topological polar surface area (TPSA) is 48.1 Å². The van der Waals surface area contributed by atoms with E-state index in [1.807, 2.05) is 13.0 Å². The Bertz CT molecular complexity index is 501. The van der Waals surface area contributed by atoms with Crippen LogP contribution in [0.2, 0.25) is 0 Å². The number of ether oxygens (including phenoxy) is 1. The second kappa shape index (κ2) is 5.79. The van der Waals surface area contributed by atoms with E-state index in [9.17, 15) is 0 Å². The standard InChI is InChI=1S/C12H13IN2OS/c1-2-16-10-3-8(5-15-6-10)12(14)9-4-11(13)17-7-9/h3-7,12H,2,14H2,1H3. The number of nitrogens with zero attached hydrogens (tertiary/aromatic N) is 1. The molecule has 0 aliphatic rings. The van der Waals surface area contributed by atoms with E-state index in [1.54, 1.807) is 23.7 Å². The lowest BCUT2D eigenvalue weighted by Gasteiger charge is -2.11. The molecule has 0 aliphatic heterocycles. The molecule has 1 unspecified atom stereocenters. The molecule has 0 saturated carbocycles. The lowest BCUT2D eigenvalue weighted by molar-refractivity contribution is 0.338. The minimum Gasteiger partial charge on any atom is -0.492 e. The first kappa shape index (κ1) is 12.8. The van der Waals surface area contributed by atoms with Crippen LogP contribution in [0.3, 0.4) is 0 Å². The van der Waals surface area contributed by atoms with Gasteiger partial charge in [-0.2, -0.15) is 0 Å². The van der Waals surface area contributed by atoms with Crippen molar-refractivity contribution in [3.63, 3.8) is 0 Å². The van der Waals surface area contributed by atoms with Gasteiger partial charge in [-0.25, -0.2) is 0 Å². The fraction of sp³-hybridized carbons (Fsp3) is 0.250. The molecular weight excluding hydrogens is 347 g/mol. The summed E-state index contributed by atoms with van der Waals surface area (Å²) in [6.45, 7) is 2.59. The fourth-order valence-electron chi connectivity index (χ4n) is 1.53. The number of hydrogen-bond acceptors (Lipinski definition) is 4. The van der Waals surface area contributed by atoms with Gasteiger partial charge in [0.25, 0.3) is 0 Å². The number of halogens is 1. The maximum atomic E-state index is 6.20. The molecule has 3 nitrogen and oxygen atoms in total. The van der Waals surface area contributed by atoms with Crippen molar-refractivity contribution in [1.82, 2.24) is 4.98 Å². The molecule has 2 rings (SSSR count). The van der Waals surface area contributed by atoms with Gasteiger partial charge in [-0.15, -0.1) is 11.3 Å². The molecule has 0 spiro atoms. The van der Waals surface area contributed by atoms with Gasteiger partial charge in [0.05, 0.1) is 21.7 Å². The van der Waals surface area contributed by atoms with Crippen LogP contribution < -0.4 is 10.5 Å². The van der Waals surface area contributed by atoms with Crippen molar-refractivity contribution >= 4 is 33.9 Å². The summed E-state index contributed by atoms with van der Waals surface area (Å²) in [4.78, 5) is 4.15. The SMILES string of the molecule is CCOc1cncc(C(N)c2csc(I)c2)c1. The zero-order valence-electron chi connectivity index (χ0n) is 9.39. The van der Waals surface area contributed by atoms with Gasteiger partial charge >= 0.3 is 0 Å². The Morgan fingerprint density at radius 1 is 1.41 bits per heavy atom. The number of rotatable bonds is 4. The normalized spacial score (nSPS) is 12.4. The third-order valence-electron chi connectivity index (χ3n) is 2.35. The van der Waals surface area contributed by atoms with E-state index in [1.165, 1.54) is 2.88 Å². The molecule has 17 heavy (non-hydrogen) atoms. The summed E-state index contributed by atoms with van der Waals surface area (Å²) in [7, 11) is 0. The van der Waals surface area contributed by atoms with Gasteiger partial charge in [0, 0.05) is 6.20 Å². The van der Waals surface area contributed by atoms with E-state index in [0.717, 1.165) is 16.9 Å². The molecule has 0 aliphatic carbocycles. The molecule has 0 fully saturated rings. The van der Waals surface area contributed by atoms with Gasteiger partial charge in [-0.1, -0.05) is 0 Å². The molecule has 5 heteroatoms. The summed E-state index contributed by atoms with van der Waals surface area (Å²) in [6, 6.07) is 3.91. The summed E-state index contributed by atoms with van der Waals surface area (Å²) >= 11 is 3.99. The predicted molar refractivity (Wildman–Crippen MR) is 78.5 cm³/mol. The van der Waals surface area contributed by atoms with E-state index in [2.05, 4.69) is 39.0 Å². The van der Waals surface area contributed by atoms with Gasteiger partial charge in [0.2, 0.25) is 0 Å². The highest BCUT2D eigenvalue weighted by Crippen LogP contribution is 2.26. The molecular formula is C12H13IN2OS. The highest BCUT2D eigenvalue weighted by Gasteiger charge is 2.11. The van der Waals surface area contributed by atoms with Gasteiger partial charge in [0.1, 0.15) is 5.75 Å². The Morgan fingerprint density at radius 3 is 2.88 bits per heavy atom. The predicted octanol–water partition coefficient (Wildman–Crippen LogP) is 3.19. The fourth-order valence-corrected chi connectivity index (χ4v) is 2.94. The van der Waals surface area contributed by atoms with E-state index < -0.39 is 0 Å². The van der Waals surface area contributed by atoms with Crippen LogP contribution in [0.15, 0.2) is 29.9 Å². The smallest absolute Gasteiger partial charge is 0.137 e. The summed E-state index contributed by atoms with van der Waals surface area (Å²) < 4.78 is 6.66. The van der Waals surface area contributed by atoms with Crippen LogP contribution in [0.25, 0.3) is 0 Å². The highest BCUT2D eigenvalue weighted by molar-refractivity contribution is 14.1. The number of aromatic nitrogens is 1. The van der Waals surface area contributed by atoms with Crippen molar-refractivity contribution < 1.29 is 4.74 Å². The molecule has 0 amide bonds. The van der Waals surface area contributed by atoms with Crippen molar-refractivity contribution in [3.05, 3.63) is 43.9 Å². The van der Waals surface area contributed by atoms with E-state index in [0.29, 0.717) is 6.61 Å². The van der Waals surface area contributed by atoms with E-state index in [-0.39, 0.29) is 6.04 Å². The summed E-state index contributed by atoms with van der Waals surface area (Å²) in [5, 5.41) is 2.08. The first-order valence-corrected chi connectivity index (χ1v) is 7.23. The van der Waals surface area contributed by atoms with Gasteiger partial charge in [-0.05, 0) is 58.2 Å². The molecule has 0 aromatic carbocycles. The van der Waals surface area contributed by atoms with Crippen LogP contribution >= 0.6 is 33.9 Å². The number of pyridine rings is 1. The second-order valence-corrected chi connectivity index (χ2v) is 6.35. The van der Waals surface area contributed by atoms with Crippen LogP contribution in [-0.2, 0) is 0 Å². The van der Waals surface area contributed by atoms with Crippen molar-refractivity contribution in [2.24, 2.45) is 5.73 Å². The van der Waals surface area contributed by atoms with Crippen molar-refractivity contribution in [3.8, 4) is 5.75 Å². The largest absolute Gasteiger partial charge is 0.492 e. The number of hydrogen-bond donors (Lipinski definition) is 1. The van der Waals surface area contributed by atoms with E-state index >= 15 is 0 Å². The van der Waals surface area contributed by atoms with Crippen LogP contribution in [0.5, 0.6) is 5.75 Å². The van der Waals surface area contributed by atoms with Crippen LogP contribution in [0.4, 0.5) is 0 Å². The van der Waals surface area contributed by atoms with Gasteiger partial charge in [-0.3, -0.25) is 4.98 Å². The average molecular weight is 360 g/mol. The van der Waals surface area contributed by atoms with Crippen molar-refractivity contribution in [2.75, 3.05) is 6.61 Å². The zero-order valence-corrected chi connectivity index (χ0v) is 12.4. The maximum Gasteiger partial charge on any atom is 0.137 e. The van der Waals surface area contributed by atoms with Crippen LogP contribution in [0.1, 0.15) is 24.1 Å². The molecule has 0 radical (unpaired) electrons. The Balaban J connectivity index is 2.24. The molecule has 2 aromatic rings. The van der Waals surface area contributed by atoms with E-state index in [4.69, 9.17) is 10.5 Å². The second-order valence-electron chi connectivity index (χ2n) is 3.55. The Labute approximate surface area is 118 Å². The molecule has 0 saturated heterocycles. The van der Waals surface area contributed by atoms with Crippen molar-refractivity contribution in [1.29, 1.82) is 0 Å². The molecule has 2 heterocycles. The monoisotopic (exact) mass is 360 g/mol. The lowest BCUT2D eigenvalue weighted by atomic mass is 10.0. The Morgan fingerprint density at radius 2 is 2.24 bits per heavy atom. The maximum absolute atomic E-state index is 6.20. The minimum absolute atomic E-state index is 0.136. The Kier molecular flexibility index (Phi) is 4.36. The van der Waals surface area contributed by atoms with Crippen molar-refractivity contribution in [2.45, 2.75) is 13.0 Å². The minimum atomic E-state index is -0.136. The van der Waals surface area contributed by atoms with Gasteiger partial charge in [0.15, 0.2) is 0 Å². The molecule has 90 valence electrons. The first-order valence-electron chi connectivity index (χ1n) is 5.28. The van der Waals surface area contributed by atoms with Gasteiger partial charge < -0.3 is 10.5 Å². The van der Waals surface area contributed by atoms with Crippen LogP contribution in [-0.4, -0.2) is 11.6 Å². The summed E-state index contributed by atoms with van der Waals surface area (Å²) in [5.41, 5.74) is 8.30. The lowest BCUT2D eigenvalue weighted by Crippen LogP contribution is -2.11. The van der Waals surface area contributed by atoms with Crippen LogP contribution in [0, 0.1) is 2.88 Å². The summed E-state index contributed by atoms with van der Waals surface area (Å²) in [5.74, 6) is 0.769. The number of nitrogens with two attached hydrogens (primary N) is 1. The summed E-state index contributed by atoms with van der Waals surface area (Å²) in [6.07, 6.45) is 3.49. The highest BCUT2D eigenvalue weighted by atomic mass is 127.